The molecule has 0 aliphatic rings. The molecule has 0 bridgehead atoms. The Morgan fingerprint density at radius 2 is 1.95 bits per heavy atom. The Labute approximate surface area is 136 Å². The van der Waals surface area contributed by atoms with Crippen LogP contribution in [0.2, 0.25) is 0 Å². The summed E-state index contributed by atoms with van der Waals surface area (Å²) in [5.41, 5.74) is 1.33. The molecule has 1 aromatic carbocycles. The van der Waals surface area contributed by atoms with Gasteiger partial charge in [0.25, 0.3) is 0 Å². The summed E-state index contributed by atoms with van der Waals surface area (Å²) in [7, 11) is 0. The number of hydrogen-bond acceptors (Lipinski definition) is 3. The third-order valence-electron chi connectivity index (χ3n) is 3.07. The number of carbonyl (C=O) groups excluding carboxylic acids is 1. The van der Waals surface area contributed by atoms with Crippen LogP contribution in [0.4, 0.5) is 5.69 Å². The van der Waals surface area contributed by atoms with Gasteiger partial charge in [0.1, 0.15) is 0 Å². The molecule has 0 saturated heterocycles. The van der Waals surface area contributed by atoms with Gasteiger partial charge >= 0.3 is 0 Å². The molecule has 0 saturated carbocycles. The number of benzene rings is 1. The number of halogens is 2. The Morgan fingerprint density at radius 1 is 1.35 bits per heavy atom. The number of nitrogens with one attached hydrogen (secondary N) is 1. The van der Waals surface area contributed by atoms with Crippen molar-refractivity contribution in [3.63, 3.8) is 0 Å². The maximum Gasteiger partial charge on any atom is 0.221 e. The maximum absolute atomic E-state index is 11.3. The highest BCUT2D eigenvalue weighted by molar-refractivity contribution is 9.11. The van der Waals surface area contributed by atoms with E-state index in [2.05, 4.69) is 55.9 Å². The average molecular weight is 408 g/mol. The molecule has 112 valence electrons. The number of nitrogens with zero attached hydrogens (tertiary/aromatic N) is 1. The molecule has 0 aromatic heterocycles. The highest BCUT2D eigenvalue weighted by Gasteiger charge is 2.18. The Kier molecular flexibility index (Phi) is 7.15. The molecule has 1 unspecified atom stereocenters. The van der Waals surface area contributed by atoms with Crippen LogP contribution in [0.15, 0.2) is 21.1 Å². The highest BCUT2D eigenvalue weighted by atomic mass is 79.9. The van der Waals surface area contributed by atoms with Crippen molar-refractivity contribution in [2.75, 3.05) is 25.0 Å². The molecule has 0 fully saturated rings. The minimum atomic E-state index is -0.662. The first-order valence-electron chi connectivity index (χ1n) is 6.55. The van der Waals surface area contributed by atoms with Crippen LogP contribution in [0.1, 0.15) is 32.4 Å². The Morgan fingerprint density at radius 3 is 2.45 bits per heavy atom. The molecule has 1 aromatic rings. The van der Waals surface area contributed by atoms with Gasteiger partial charge in [0.15, 0.2) is 0 Å². The van der Waals surface area contributed by atoms with E-state index in [1.807, 2.05) is 12.1 Å². The molecule has 4 nitrogen and oxygen atoms in total. The molecular formula is C14H20Br2N2O2. The number of rotatable bonds is 6. The number of carbonyl (C=O) groups is 1. The first-order valence-corrected chi connectivity index (χ1v) is 8.14. The van der Waals surface area contributed by atoms with E-state index in [1.54, 1.807) is 0 Å². The van der Waals surface area contributed by atoms with Gasteiger partial charge in [-0.3, -0.25) is 4.79 Å². The van der Waals surface area contributed by atoms with E-state index < -0.39 is 6.10 Å². The summed E-state index contributed by atoms with van der Waals surface area (Å²) in [5.74, 6) is -0.163. The molecule has 0 spiro atoms. The lowest BCUT2D eigenvalue weighted by atomic mass is 10.1. The average Bonchev–Trinajstić information content (AvgIpc) is 2.38. The van der Waals surface area contributed by atoms with E-state index in [4.69, 9.17) is 0 Å². The summed E-state index contributed by atoms with van der Waals surface area (Å²) in [6.07, 6.45) is -0.662. The molecule has 6 heteroatoms. The number of likely N-dealkylation sites (N-methyl/N-ethyl adjacent to an activating group) is 1. The van der Waals surface area contributed by atoms with Crippen LogP contribution in [0, 0.1) is 0 Å². The summed E-state index contributed by atoms with van der Waals surface area (Å²) < 4.78 is 1.60. The second-order valence-electron chi connectivity index (χ2n) is 4.53. The lowest BCUT2D eigenvalue weighted by molar-refractivity contribution is -0.114. The molecule has 0 aliphatic heterocycles. The normalized spacial score (nSPS) is 12.6. The number of anilines is 1. The van der Waals surface area contributed by atoms with Crippen molar-refractivity contribution in [1.29, 1.82) is 0 Å². The maximum atomic E-state index is 11.3. The molecule has 0 aliphatic carbocycles. The van der Waals surface area contributed by atoms with Crippen molar-refractivity contribution >= 4 is 43.5 Å². The molecule has 1 amide bonds. The predicted octanol–water partition coefficient (Wildman–Crippen LogP) is 3.55. The van der Waals surface area contributed by atoms with Crippen molar-refractivity contribution in [3.05, 3.63) is 26.6 Å². The van der Waals surface area contributed by atoms with Gasteiger partial charge in [0, 0.05) is 28.0 Å². The molecule has 1 rings (SSSR count). The first-order chi connectivity index (χ1) is 9.38. The SMILES string of the molecule is CCN(CC)CC(O)c1cc(Br)cc(Br)c1NC(C)=O. The van der Waals surface area contributed by atoms with E-state index in [-0.39, 0.29) is 5.91 Å². The second kappa shape index (κ2) is 8.12. The van der Waals surface area contributed by atoms with Gasteiger partial charge in [-0.1, -0.05) is 29.8 Å². The number of amides is 1. The van der Waals surface area contributed by atoms with Crippen LogP contribution in [0.5, 0.6) is 0 Å². The van der Waals surface area contributed by atoms with Crippen molar-refractivity contribution in [1.82, 2.24) is 4.90 Å². The second-order valence-corrected chi connectivity index (χ2v) is 6.30. The quantitative estimate of drug-likeness (QED) is 0.758. The largest absolute Gasteiger partial charge is 0.387 e. The summed E-state index contributed by atoms with van der Waals surface area (Å²) in [5, 5.41) is 13.2. The van der Waals surface area contributed by atoms with E-state index in [0.717, 1.165) is 22.0 Å². The number of aliphatic hydroxyl groups excluding tert-OH is 1. The molecule has 0 heterocycles. The van der Waals surface area contributed by atoms with Crippen molar-refractivity contribution in [2.24, 2.45) is 0 Å². The predicted molar refractivity (Wildman–Crippen MR) is 88.9 cm³/mol. The standard InChI is InChI=1S/C14H20Br2N2O2/c1-4-18(5-2)8-13(20)11-6-10(15)7-12(16)14(11)17-9(3)19/h6-7,13,20H,4-5,8H2,1-3H3,(H,17,19). The van der Waals surface area contributed by atoms with Crippen molar-refractivity contribution < 1.29 is 9.90 Å². The lowest BCUT2D eigenvalue weighted by Gasteiger charge is -2.24. The molecule has 1 atom stereocenters. The van der Waals surface area contributed by atoms with Gasteiger partial charge < -0.3 is 15.3 Å². The minimum Gasteiger partial charge on any atom is -0.387 e. The van der Waals surface area contributed by atoms with E-state index in [1.165, 1.54) is 6.92 Å². The van der Waals surface area contributed by atoms with E-state index in [0.29, 0.717) is 17.8 Å². The topological polar surface area (TPSA) is 52.6 Å². The third kappa shape index (κ3) is 4.84. The van der Waals surface area contributed by atoms with Crippen LogP contribution < -0.4 is 5.32 Å². The Bertz CT molecular complexity index is 476. The summed E-state index contributed by atoms with van der Waals surface area (Å²) in [6.45, 7) is 7.84. The fourth-order valence-electron chi connectivity index (χ4n) is 1.99. The monoisotopic (exact) mass is 406 g/mol. The van der Waals surface area contributed by atoms with E-state index in [9.17, 15) is 9.90 Å². The molecule has 0 radical (unpaired) electrons. The zero-order chi connectivity index (χ0) is 15.3. The van der Waals surface area contributed by atoms with Crippen LogP contribution in [0.25, 0.3) is 0 Å². The highest BCUT2D eigenvalue weighted by Crippen LogP contribution is 2.34. The van der Waals surface area contributed by atoms with Gasteiger partial charge in [-0.05, 0) is 41.2 Å². The van der Waals surface area contributed by atoms with E-state index >= 15 is 0 Å². The third-order valence-corrected chi connectivity index (χ3v) is 4.15. The van der Waals surface area contributed by atoms with Gasteiger partial charge in [-0.25, -0.2) is 0 Å². The van der Waals surface area contributed by atoms with Crippen LogP contribution in [-0.4, -0.2) is 35.5 Å². The Balaban J connectivity index is 3.10. The Hall–Kier alpha value is -0.430. The number of aliphatic hydroxyl groups is 1. The fraction of sp³-hybridized carbons (Fsp3) is 0.500. The summed E-state index contributed by atoms with van der Waals surface area (Å²) >= 11 is 6.84. The smallest absolute Gasteiger partial charge is 0.221 e. The van der Waals surface area contributed by atoms with Gasteiger partial charge in [-0.2, -0.15) is 0 Å². The molecule has 2 N–H and O–H groups in total. The van der Waals surface area contributed by atoms with Crippen molar-refractivity contribution in [3.8, 4) is 0 Å². The van der Waals surface area contributed by atoms with Crippen molar-refractivity contribution in [2.45, 2.75) is 26.9 Å². The zero-order valence-electron chi connectivity index (χ0n) is 11.9. The first kappa shape index (κ1) is 17.6. The summed E-state index contributed by atoms with van der Waals surface area (Å²) in [6, 6.07) is 3.68. The molecule has 20 heavy (non-hydrogen) atoms. The van der Waals surface area contributed by atoms with Gasteiger partial charge in [0.05, 0.1) is 11.8 Å². The van der Waals surface area contributed by atoms with Crippen LogP contribution in [0.3, 0.4) is 0 Å². The summed E-state index contributed by atoms with van der Waals surface area (Å²) in [4.78, 5) is 13.5. The zero-order valence-corrected chi connectivity index (χ0v) is 15.1. The fourth-order valence-corrected chi connectivity index (χ4v) is 3.35. The number of hydrogen-bond donors (Lipinski definition) is 2. The lowest BCUT2D eigenvalue weighted by Crippen LogP contribution is -2.28. The van der Waals surface area contributed by atoms with Gasteiger partial charge in [-0.15, -0.1) is 0 Å². The van der Waals surface area contributed by atoms with Gasteiger partial charge in [0.2, 0.25) is 5.91 Å². The molecular weight excluding hydrogens is 388 g/mol. The van der Waals surface area contributed by atoms with Crippen LogP contribution >= 0.6 is 31.9 Å². The van der Waals surface area contributed by atoms with Crippen LogP contribution in [-0.2, 0) is 4.79 Å². The minimum absolute atomic E-state index is 0.163.